The van der Waals surface area contributed by atoms with E-state index in [0.29, 0.717) is 34.7 Å². The number of aryl methyl sites for hydroxylation is 1. The number of aromatic nitrogens is 6. The van der Waals surface area contributed by atoms with Crippen molar-refractivity contribution < 1.29 is 4.52 Å². The lowest BCUT2D eigenvalue weighted by Crippen LogP contribution is -2.23. The van der Waals surface area contributed by atoms with E-state index >= 15 is 0 Å². The van der Waals surface area contributed by atoms with Crippen molar-refractivity contribution in [3.05, 3.63) is 46.3 Å². The van der Waals surface area contributed by atoms with Gasteiger partial charge in [-0.05, 0) is 38.3 Å². The third-order valence-electron chi connectivity index (χ3n) is 5.49. The molecule has 3 heterocycles. The molecule has 1 saturated carbocycles. The summed E-state index contributed by atoms with van der Waals surface area (Å²) in [4.78, 5) is 17.7. The Balaban J connectivity index is 1.56. The zero-order valence-electron chi connectivity index (χ0n) is 17.1. The summed E-state index contributed by atoms with van der Waals surface area (Å²) in [6, 6.07) is 7.63. The maximum Gasteiger partial charge on any atom is 0.262 e. The average molecular weight is 425 g/mol. The van der Waals surface area contributed by atoms with E-state index in [1.807, 2.05) is 35.6 Å². The first-order valence-corrected chi connectivity index (χ1v) is 11.4. The normalized spacial score (nSPS) is 15.3. The van der Waals surface area contributed by atoms with Crippen LogP contribution >= 0.6 is 11.8 Å². The van der Waals surface area contributed by atoms with Crippen molar-refractivity contribution in [2.45, 2.75) is 68.8 Å². The molecule has 1 aromatic carbocycles. The van der Waals surface area contributed by atoms with Gasteiger partial charge in [0.1, 0.15) is 0 Å². The van der Waals surface area contributed by atoms with Gasteiger partial charge in [-0.3, -0.25) is 13.8 Å². The van der Waals surface area contributed by atoms with Crippen LogP contribution in [0.2, 0.25) is 0 Å². The van der Waals surface area contributed by atoms with Gasteiger partial charge in [0.25, 0.3) is 5.56 Å². The summed E-state index contributed by atoms with van der Waals surface area (Å²) in [5.41, 5.74) is 0.797. The molecule has 8 nitrogen and oxygen atoms in total. The average Bonchev–Trinajstić information content (AvgIpc) is 3.34. The monoisotopic (exact) mass is 424 g/mol. The summed E-state index contributed by atoms with van der Waals surface area (Å²) in [7, 11) is 0. The predicted molar refractivity (Wildman–Crippen MR) is 115 cm³/mol. The van der Waals surface area contributed by atoms with Gasteiger partial charge in [-0.2, -0.15) is 4.98 Å². The summed E-state index contributed by atoms with van der Waals surface area (Å²) < 4.78 is 9.21. The standard InChI is InChI=1S/C21H24N6O2S/c1-3-4-7-12-26-19(28)15-8-5-6-9-16(15)27-20(26)23-24-21(27)30-13(2)18-22-17(25-29-18)14-10-11-14/h5-6,8-9,13-14H,3-4,7,10-12H2,1-2H3. The number of thioether (sulfide) groups is 1. The number of hydrogen-bond donors (Lipinski definition) is 0. The number of para-hydroxylation sites is 1. The maximum atomic E-state index is 13.1. The van der Waals surface area contributed by atoms with Crippen molar-refractivity contribution in [3.63, 3.8) is 0 Å². The third-order valence-corrected chi connectivity index (χ3v) is 6.52. The van der Waals surface area contributed by atoms with Crippen LogP contribution in [0, 0.1) is 0 Å². The summed E-state index contributed by atoms with van der Waals surface area (Å²) in [5, 5.41) is 14.2. The van der Waals surface area contributed by atoms with Crippen molar-refractivity contribution in [1.82, 2.24) is 29.3 Å². The van der Waals surface area contributed by atoms with E-state index in [9.17, 15) is 4.79 Å². The Labute approximate surface area is 177 Å². The van der Waals surface area contributed by atoms with Gasteiger partial charge in [-0.15, -0.1) is 10.2 Å². The van der Waals surface area contributed by atoms with E-state index in [-0.39, 0.29) is 10.8 Å². The molecule has 0 spiro atoms. The Morgan fingerprint density at radius 3 is 2.87 bits per heavy atom. The topological polar surface area (TPSA) is 91.1 Å². The number of fused-ring (bicyclic) bond motifs is 3. The van der Waals surface area contributed by atoms with E-state index in [4.69, 9.17) is 4.52 Å². The van der Waals surface area contributed by atoms with Gasteiger partial charge in [0.05, 0.1) is 16.2 Å². The second-order valence-electron chi connectivity index (χ2n) is 7.82. The summed E-state index contributed by atoms with van der Waals surface area (Å²) in [6.45, 7) is 4.81. The molecule has 1 aliphatic carbocycles. The van der Waals surface area contributed by atoms with Crippen molar-refractivity contribution in [1.29, 1.82) is 0 Å². The quantitative estimate of drug-likeness (QED) is 0.307. The predicted octanol–water partition coefficient (Wildman–Crippen LogP) is 4.35. The fourth-order valence-corrected chi connectivity index (χ4v) is 4.55. The zero-order chi connectivity index (χ0) is 20.7. The van der Waals surface area contributed by atoms with Crippen LogP contribution in [0.4, 0.5) is 0 Å². The van der Waals surface area contributed by atoms with Crippen LogP contribution in [0.15, 0.2) is 38.7 Å². The zero-order valence-corrected chi connectivity index (χ0v) is 17.9. The highest BCUT2D eigenvalue weighted by Gasteiger charge is 2.30. The van der Waals surface area contributed by atoms with Crippen LogP contribution in [-0.2, 0) is 6.54 Å². The smallest absolute Gasteiger partial charge is 0.262 e. The lowest BCUT2D eigenvalue weighted by atomic mass is 10.2. The molecule has 0 amide bonds. The minimum absolute atomic E-state index is 0.0165. The van der Waals surface area contributed by atoms with Crippen molar-refractivity contribution >= 4 is 28.4 Å². The Bertz CT molecular complexity index is 1260. The van der Waals surface area contributed by atoms with E-state index in [2.05, 4.69) is 27.3 Å². The summed E-state index contributed by atoms with van der Waals surface area (Å²) >= 11 is 1.51. The van der Waals surface area contributed by atoms with E-state index in [1.54, 1.807) is 4.57 Å². The molecular formula is C21H24N6O2S. The largest absolute Gasteiger partial charge is 0.338 e. The highest BCUT2D eigenvalue weighted by Crippen LogP contribution is 2.40. The van der Waals surface area contributed by atoms with Crippen LogP contribution in [0.1, 0.15) is 68.8 Å². The highest BCUT2D eigenvalue weighted by molar-refractivity contribution is 7.99. The molecule has 5 rings (SSSR count). The van der Waals surface area contributed by atoms with Gasteiger partial charge in [-0.25, -0.2) is 0 Å². The van der Waals surface area contributed by atoms with Gasteiger partial charge in [0, 0.05) is 12.5 Å². The van der Waals surface area contributed by atoms with Gasteiger partial charge in [0.15, 0.2) is 11.0 Å². The minimum Gasteiger partial charge on any atom is -0.338 e. The minimum atomic E-state index is -0.0726. The molecule has 1 aliphatic rings. The first kappa shape index (κ1) is 19.3. The molecular weight excluding hydrogens is 400 g/mol. The van der Waals surface area contributed by atoms with Crippen LogP contribution in [0.3, 0.4) is 0 Å². The molecule has 0 radical (unpaired) electrons. The molecule has 1 fully saturated rings. The number of benzene rings is 1. The molecule has 4 aromatic rings. The molecule has 0 N–H and O–H groups in total. The molecule has 1 unspecified atom stereocenters. The number of nitrogens with zero attached hydrogens (tertiary/aromatic N) is 6. The maximum absolute atomic E-state index is 13.1. The lowest BCUT2D eigenvalue weighted by molar-refractivity contribution is 0.374. The molecule has 0 saturated heterocycles. The molecule has 30 heavy (non-hydrogen) atoms. The van der Waals surface area contributed by atoms with Gasteiger partial charge >= 0.3 is 0 Å². The van der Waals surface area contributed by atoms with Crippen molar-refractivity contribution in [2.75, 3.05) is 0 Å². The van der Waals surface area contributed by atoms with Crippen LogP contribution in [0.25, 0.3) is 16.7 Å². The highest BCUT2D eigenvalue weighted by atomic mass is 32.2. The van der Waals surface area contributed by atoms with Crippen LogP contribution < -0.4 is 5.56 Å². The summed E-state index contributed by atoms with van der Waals surface area (Å²) in [5.74, 6) is 2.43. The first-order valence-electron chi connectivity index (χ1n) is 10.5. The van der Waals surface area contributed by atoms with Gasteiger partial charge in [-0.1, -0.05) is 48.8 Å². The lowest BCUT2D eigenvalue weighted by Gasteiger charge is -2.11. The number of hydrogen-bond acceptors (Lipinski definition) is 7. The second kappa shape index (κ2) is 7.86. The fraction of sp³-hybridized carbons (Fsp3) is 0.476. The third kappa shape index (κ3) is 3.40. The van der Waals surface area contributed by atoms with Gasteiger partial charge in [0.2, 0.25) is 11.7 Å². The van der Waals surface area contributed by atoms with E-state index in [0.717, 1.165) is 43.4 Å². The Morgan fingerprint density at radius 1 is 1.23 bits per heavy atom. The summed E-state index contributed by atoms with van der Waals surface area (Å²) in [6.07, 6.45) is 5.37. The first-order chi connectivity index (χ1) is 14.7. The Morgan fingerprint density at radius 2 is 2.07 bits per heavy atom. The molecule has 0 bridgehead atoms. The van der Waals surface area contributed by atoms with E-state index < -0.39 is 0 Å². The van der Waals surface area contributed by atoms with Crippen molar-refractivity contribution in [2.24, 2.45) is 0 Å². The Kier molecular flexibility index (Phi) is 5.06. The number of unbranched alkanes of at least 4 members (excludes halogenated alkanes) is 2. The SMILES string of the molecule is CCCCCn1c(=O)c2ccccc2n2c(SC(C)c3nc(C4CC4)no3)nnc12. The molecule has 1 atom stereocenters. The molecule has 3 aromatic heterocycles. The van der Waals surface area contributed by atoms with Gasteiger partial charge < -0.3 is 4.52 Å². The second-order valence-corrected chi connectivity index (χ2v) is 9.13. The molecule has 9 heteroatoms. The van der Waals surface area contributed by atoms with Crippen LogP contribution in [0.5, 0.6) is 0 Å². The molecule has 0 aliphatic heterocycles. The van der Waals surface area contributed by atoms with Crippen LogP contribution in [-0.4, -0.2) is 29.3 Å². The van der Waals surface area contributed by atoms with E-state index in [1.165, 1.54) is 11.8 Å². The molecule has 156 valence electrons. The number of rotatable bonds is 8. The Hall–Kier alpha value is -2.68. The van der Waals surface area contributed by atoms with Crippen molar-refractivity contribution in [3.8, 4) is 0 Å². The fourth-order valence-electron chi connectivity index (χ4n) is 3.66.